The highest BCUT2D eigenvalue weighted by Gasteiger charge is 2.67. The van der Waals surface area contributed by atoms with Crippen LogP contribution >= 0.6 is 30.3 Å². The molecule has 1 aliphatic carbocycles. The van der Waals surface area contributed by atoms with E-state index in [0.717, 1.165) is 12.1 Å². The lowest BCUT2D eigenvalue weighted by molar-refractivity contribution is -0.140. The monoisotopic (exact) mass is 972 g/mol. The van der Waals surface area contributed by atoms with E-state index in [9.17, 15) is 9.59 Å². The van der Waals surface area contributed by atoms with Gasteiger partial charge in [0.2, 0.25) is 19.2 Å². The van der Waals surface area contributed by atoms with Gasteiger partial charge in [0.05, 0.1) is 44.2 Å². The number of carbonyl (C=O) groups excluding carboxylic acids is 3. The van der Waals surface area contributed by atoms with Crippen LogP contribution in [0.25, 0.3) is 22.3 Å². The SMILES string of the molecule is CCOP(=O)(Cc1c(F)cccc1F)[C@@]12C[C@@H]1CCOC/C=C/C[C@H](NC(=O)OC(C)(C)C)C(=O)N1C[C@H](Oc3cc(-c4csc(NC(C)C)n4)nc4c(Cl)c(OC)ccc34)C[C@H]1C(=O)N2. The van der Waals surface area contributed by atoms with E-state index >= 15 is 18.1 Å². The Bertz CT molecular complexity index is 2520. The normalized spacial score (nSPS) is 24.0. The van der Waals surface area contributed by atoms with Crippen molar-refractivity contribution in [1.82, 2.24) is 25.5 Å². The van der Waals surface area contributed by atoms with Crippen LogP contribution in [0.5, 0.6) is 11.5 Å². The van der Waals surface area contributed by atoms with Gasteiger partial charge >= 0.3 is 6.09 Å². The quantitative estimate of drug-likeness (QED) is 0.0907. The Morgan fingerprint density at radius 1 is 1.12 bits per heavy atom. The molecule has 15 nitrogen and oxygen atoms in total. The zero-order chi connectivity index (χ0) is 47.6. The fourth-order valence-corrected chi connectivity index (χ4v) is 12.8. The highest BCUT2D eigenvalue weighted by atomic mass is 35.5. The van der Waals surface area contributed by atoms with Gasteiger partial charge in [0.15, 0.2) is 5.13 Å². The van der Waals surface area contributed by atoms with Gasteiger partial charge in [-0.3, -0.25) is 14.2 Å². The molecule has 3 amide bonds. The number of alkyl carbamates (subject to hydrolysis) is 1. The summed E-state index contributed by atoms with van der Waals surface area (Å²) < 4.78 is 75.4. The molecule has 356 valence electrons. The molecule has 2 aliphatic heterocycles. The number of hydrogen-bond donors (Lipinski definition) is 3. The number of carbonyl (C=O) groups is 3. The van der Waals surface area contributed by atoms with Gasteiger partial charge in [-0.25, -0.2) is 23.5 Å². The molecule has 1 saturated heterocycles. The first-order chi connectivity index (χ1) is 31.3. The molecule has 0 spiro atoms. The zero-order valence-corrected chi connectivity index (χ0v) is 40.4. The number of halogens is 3. The molecule has 4 heterocycles. The first kappa shape index (κ1) is 49.0. The van der Waals surface area contributed by atoms with Crippen LogP contribution in [0.2, 0.25) is 5.02 Å². The minimum atomic E-state index is -4.16. The van der Waals surface area contributed by atoms with Crippen LogP contribution in [0.4, 0.5) is 18.7 Å². The van der Waals surface area contributed by atoms with E-state index in [-0.39, 0.29) is 56.7 Å². The Kier molecular flexibility index (Phi) is 15.0. The third kappa shape index (κ3) is 10.8. The van der Waals surface area contributed by atoms with Crippen molar-refractivity contribution in [3.63, 3.8) is 0 Å². The fourth-order valence-electron chi connectivity index (χ4n) is 8.41. The maximum absolute atomic E-state index is 15.3. The van der Waals surface area contributed by atoms with Crippen LogP contribution in [-0.4, -0.2) is 101 Å². The summed E-state index contributed by atoms with van der Waals surface area (Å²) in [6.07, 6.45) is 1.59. The van der Waals surface area contributed by atoms with Crippen LogP contribution in [0, 0.1) is 17.6 Å². The van der Waals surface area contributed by atoms with E-state index in [1.807, 2.05) is 19.2 Å². The number of benzene rings is 2. The second kappa shape index (κ2) is 20.2. The van der Waals surface area contributed by atoms with Gasteiger partial charge < -0.3 is 44.3 Å². The van der Waals surface area contributed by atoms with Crippen LogP contribution < -0.4 is 25.4 Å². The molecule has 66 heavy (non-hydrogen) atoms. The summed E-state index contributed by atoms with van der Waals surface area (Å²) in [5.41, 5.74) is 0.0587. The van der Waals surface area contributed by atoms with E-state index in [2.05, 4.69) is 16.0 Å². The Morgan fingerprint density at radius 2 is 1.88 bits per heavy atom. The Balaban J connectivity index is 1.29. The topological polar surface area (TPSA) is 180 Å². The molecular weight excluding hydrogens is 917 g/mol. The number of ether oxygens (including phenoxy) is 4. The molecule has 2 aromatic heterocycles. The average molecular weight is 973 g/mol. The molecule has 1 unspecified atom stereocenters. The lowest BCUT2D eigenvalue weighted by Crippen LogP contribution is -2.55. The molecular formula is C46H56ClF2N6O9PS. The van der Waals surface area contributed by atoms with Crippen molar-refractivity contribution in [2.45, 2.75) is 108 Å². The molecule has 6 atom stereocenters. The van der Waals surface area contributed by atoms with Crippen LogP contribution in [0.3, 0.4) is 0 Å². The van der Waals surface area contributed by atoms with Crippen molar-refractivity contribution in [3.8, 4) is 22.9 Å². The van der Waals surface area contributed by atoms with Gasteiger partial charge in [-0.2, -0.15) is 0 Å². The smallest absolute Gasteiger partial charge is 0.408 e. The summed E-state index contributed by atoms with van der Waals surface area (Å²) in [4.78, 5) is 54.1. The largest absolute Gasteiger partial charge is 0.495 e. The number of nitrogens with zero attached hydrogens (tertiary/aromatic N) is 3. The molecule has 3 N–H and O–H groups in total. The van der Waals surface area contributed by atoms with Gasteiger partial charge in [0.1, 0.15) is 62.9 Å². The van der Waals surface area contributed by atoms with Gasteiger partial charge in [-0.05, 0) is 91.0 Å². The number of anilines is 1. The third-order valence-electron chi connectivity index (χ3n) is 11.5. The molecule has 3 aliphatic rings. The maximum atomic E-state index is 15.3. The highest BCUT2D eigenvalue weighted by Crippen LogP contribution is 2.74. The van der Waals surface area contributed by atoms with Crippen molar-refractivity contribution >= 4 is 64.2 Å². The van der Waals surface area contributed by atoms with E-state index in [0.29, 0.717) is 45.3 Å². The third-order valence-corrected chi connectivity index (χ3v) is 15.9. The van der Waals surface area contributed by atoms with Crippen molar-refractivity contribution in [3.05, 3.63) is 76.2 Å². The Labute approximate surface area is 391 Å². The Hall–Kier alpha value is -4.87. The van der Waals surface area contributed by atoms with Crippen LogP contribution in [0.15, 0.2) is 53.9 Å². The molecule has 0 bridgehead atoms. The summed E-state index contributed by atoms with van der Waals surface area (Å²) in [6.45, 7) is 10.9. The maximum Gasteiger partial charge on any atom is 0.408 e. The van der Waals surface area contributed by atoms with Gasteiger partial charge in [-0.15, -0.1) is 11.3 Å². The van der Waals surface area contributed by atoms with E-state index < -0.39 is 83.6 Å². The number of amides is 3. The van der Waals surface area contributed by atoms with Gasteiger partial charge in [-0.1, -0.05) is 29.8 Å². The summed E-state index contributed by atoms with van der Waals surface area (Å²) in [5.74, 6) is -2.84. The minimum Gasteiger partial charge on any atom is -0.495 e. The minimum absolute atomic E-state index is 0.0259. The number of fused-ring (bicyclic) bond motifs is 3. The first-order valence-electron chi connectivity index (χ1n) is 21.9. The van der Waals surface area contributed by atoms with E-state index in [4.69, 9.17) is 45.0 Å². The lowest BCUT2D eigenvalue weighted by atomic mass is 10.1. The molecule has 4 aromatic rings. The summed E-state index contributed by atoms with van der Waals surface area (Å²) >= 11 is 8.28. The summed E-state index contributed by atoms with van der Waals surface area (Å²) in [6, 6.07) is 6.22. The first-order valence-corrected chi connectivity index (χ1v) is 25.0. The summed E-state index contributed by atoms with van der Waals surface area (Å²) in [7, 11) is -2.67. The van der Waals surface area contributed by atoms with Crippen molar-refractivity contribution in [2.24, 2.45) is 5.92 Å². The lowest BCUT2D eigenvalue weighted by Gasteiger charge is -2.33. The highest BCUT2D eigenvalue weighted by molar-refractivity contribution is 7.60. The number of methoxy groups -OCH3 is 1. The van der Waals surface area contributed by atoms with E-state index in [1.54, 1.807) is 58.0 Å². The Morgan fingerprint density at radius 3 is 2.58 bits per heavy atom. The number of pyridine rings is 1. The predicted octanol–water partition coefficient (Wildman–Crippen LogP) is 9.07. The number of rotatable bonds is 12. The number of hydrogen-bond acceptors (Lipinski definition) is 13. The van der Waals surface area contributed by atoms with E-state index in [1.165, 1.54) is 29.4 Å². The number of nitrogens with one attached hydrogen (secondary N) is 3. The van der Waals surface area contributed by atoms with Crippen LogP contribution in [0.1, 0.15) is 72.8 Å². The average Bonchev–Trinajstić information content (AvgIpc) is 3.51. The molecule has 2 fully saturated rings. The van der Waals surface area contributed by atoms with Crippen molar-refractivity contribution in [2.75, 3.05) is 38.8 Å². The second-order valence-electron chi connectivity index (χ2n) is 17.8. The molecule has 7 rings (SSSR count). The molecule has 20 heteroatoms. The summed E-state index contributed by atoms with van der Waals surface area (Å²) in [5, 5.41) is 10.8. The predicted molar refractivity (Wildman–Crippen MR) is 248 cm³/mol. The van der Waals surface area contributed by atoms with Crippen LogP contribution in [-0.2, 0) is 34.3 Å². The molecule has 0 radical (unpaired) electrons. The standard InChI is InChI=1S/C46H56ClF2N6O9PS/c1-8-62-65(59,24-30-31(48)12-11-13-32(30)49)46-22-27(46)17-19-61-18-10-9-14-33(53-44(58)64-45(4,5)6)42(57)55-23-28(20-36(55)41(56)54-46)63-38-21-34(35-25-66-43(52-35)50-26(2)3)51-40-29(38)15-16-37(60-7)39(40)47/h9-13,15-16,21,25-28,33,36H,8,14,17-20,22-24H2,1-7H3,(H,50,52)(H,53,58)(H,54,56)/b10-9+/t27-,28+,33-,36-,46-,65?/m0/s1. The number of aromatic nitrogens is 2. The van der Waals surface area contributed by atoms with Crippen molar-refractivity contribution < 1.29 is 51.2 Å². The molecule has 2 aromatic carbocycles. The molecule has 1 saturated carbocycles. The zero-order valence-electron chi connectivity index (χ0n) is 38.0. The van der Waals surface area contributed by atoms with Gasteiger partial charge in [0.25, 0.3) is 0 Å². The second-order valence-corrected chi connectivity index (χ2v) is 21.8. The number of thiazole rings is 1. The van der Waals surface area contributed by atoms with Gasteiger partial charge in [0, 0.05) is 41.5 Å². The van der Waals surface area contributed by atoms with Crippen molar-refractivity contribution in [1.29, 1.82) is 0 Å². The fraction of sp³-hybridized carbons (Fsp3) is 0.500.